The van der Waals surface area contributed by atoms with Crippen molar-refractivity contribution in [3.8, 4) is 0 Å². The maximum atomic E-state index is 12.7. The Balaban J connectivity index is 1.92. The van der Waals surface area contributed by atoms with Gasteiger partial charge in [0.15, 0.2) is 0 Å². The molecule has 0 aliphatic heterocycles. The number of thiophene rings is 1. The molecule has 0 radical (unpaired) electrons. The lowest BCUT2D eigenvalue weighted by Gasteiger charge is -2.32. The van der Waals surface area contributed by atoms with Crippen LogP contribution in [0.5, 0.6) is 0 Å². The molecule has 108 valence electrons. The maximum Gasteiger partial charge on any atom is 0.391 e. The Morgan fingerprint density at radius 3 is 2.74 bits per heavy atom. The Labute approximate surface area is 120 Å². The van der Waals surface area contributed by atoms with Crippen LogP contribution >= 0.6 is 22.9 Å². The molecule has 1 aromatic rings. The summed E-state index contributed by atoms with van der Waals surface area (Å²) in [6.07, 6.45) is -2.16. The van der Waals surface area contributed by atoms with Crippen LogP contribution in [0.4, 0.5) is 13.2 Å². The second-order valence-electron chi connectivity index (χ2n) is 5.17. The molecule has 6 heteroatoms. The SMILES string of the molecule is CC(NC1CCCC(C(F)(F)F)C1)c1csc(Cl)c1. The smallest absolute Gasteiger partial charge is 0.307 e. The molecule has 0 bridgehead atoms. The minimum Gasteiger partial charge on any atom is -0.307 e. The summed E-state index contributed by atoms with van der Waals surface area (Å²) in [5.41, 5.74) is 1.05. The predicted molar refractivity (Wildman–Crippen MR) is 72.7 cm³/mol. The Kier molecular flexibility index (Phi) is 4.79. The summed E-state index contributed by atoms with van der Waals surface area (Å²) in [5.74, 6) is -1.16. The van der Waals surface area contributed by atoms with E-state index in [1.807, 2.05) is 18.4 Å². The molecule has 1 saturated carbocycles. The first kappa shape index (κ1) is 15.1. The van der Waals surface area contributed by atoms with Crippen molar-refractivity contribution in [3.63, 3.8) is 0 Å². The van der Waals surface area contributed by atoms with Crippen LogP contribution in [0.1, 0.15) is 44.2 Å². The van der Waals surface area contributed by atoms with E-state index in [4.69, 9.17) is 11.6 Å². The second kappa shape index (κ2) is 6.02. The van der Waals surface area contributed by atoms with Crippen molar-refractivity contribution in [2.24, 2.45) is 5.92 Å². The van der Waals surface area contributed by atoms with Crippen molar-refractivity contribution in [2.45, 2.75) is 50.9 Å². The van der Waals surface area contributed by atoms with Gasteiger partial charge in [0.25, 0.3) is 0 Å². The number of hydrogen-bond acceptors (Lipinski definition) is 2. The number of nitrogens with one attached hydrogen (secondary N) is 1. The van der Waals surface area contributed by atoms with Gasteiger partial charge in [0.05, 0.1) is 10.3 Å². The van der Waals surface area contributed by atoms with E-state index < -0.39 is 12.1 Å². The molecule has 19 heavy (non-hydrogen) atoms. The van der Waals surface area contributed by atoms with Crippen molar-refractivity contribution >= 4 is 22.9 Å². The molecule has 0 amide bonds. The van der Waals surface area contributed by atoms with Gasteiger partial charge < -0.3 is 5.32 Å². The van der Waals surface area contributed by atoms with Crippen LogP contribution in [0.15, 0.2) is 11.4 Å². The second-order valence-corrected chi connectivity index (χ2v) is 6.72. The summed E-state index contributed by atoms with van der Waals surface area (Å²) in [6, 6.07) is 1.85. The van der Waals surface area contributed by atoms with Crippen LogP contribution in [-0.2, 0) is 0 Å². The van der Waals surface area contributed by atoms with E-state index in [1.165, 1.54) is 11.3 Å². The lowest BCUT2D eigenvalue weighted by atomic mass is 9.85. The molecular weight excluding hydrogens is 295 g/mol. The molecule has 1 aliphatic rings. The summed E-state index contributed by atoms with van der Waals surface area (Å²) in [5, 5.41) is 5.25. The van der Waals surface area contributed by atoms with Crippen LogP contribution in [0.25, 0.3) is 0 Å². The third kappa shape index (κ3) is 4.10. The van der Waals surface area contributed by atoms with Crippen LogP contribution in [0.3, 0.4) is 0 Å². The van der Waals surface area contributed by atoms with Gasteiger partial charge in [-0.15, -0.1) is 11.3 Å². The van der Waals surface area contributed by atoms with Gasteiger partial charge in [-0.2, -0.15) is 13.2 Å². The van der Waals surface area contributed by atoms with Crippen molar-refractivity contribution < 1.29 is 13.2 Å². The standard InChI is InChI=1S/C13H17ClF3NS/c1-8(9-5-12(14)19-7-9)18-11-4-2-3-10(6-11)13(15,16)17/h5,7-8,10-11,18H,2-4,6H2,1H3. The molecule has 1 aromatic heterocycles. The van der Waals surface area contributed by atoms with Crippen LogP contribution in [0.2, 0.25) is 4.34 Å². The van der Waals surface area contributed by atoms with E-state index in [1.54, 1.807) is 0 Å². The van der Waals surface area contributed by atoms with Gasteiger partial charge in [-0.1, -0.05) is 18.0 Å². The maximum absolute atomic E-state index is 12.7. The fraction of sp³-hybridized carbons (Fsp3) is 0.692. The van der Waals surface area contributed by atoms with E-state index >= 15 is 0 Å². The van der Waals surface area contributed by atoms with Crippen molar-refractivity contribution in [2.75, 3.05) is 0 Å². The first-order valence-corrected chi connectivity index (χ1v) is 7.68. The summed E-state index contributed by atoms with van der Waals surface area (Å²) in [4.78, 5) is 0. The van der Waals surface area contributed by atoms with Gasteiger partial charge >= 0.3 is 6.18 Å². The quantitative estimate of drug-likeness (QED) is 0.811. The average molecular weight is 312 g/mol. The third-order valence-corrected chi connectivity index (χ3v) is 4.82. The Morgan fingerprint density at radius 2 is 2.16 bits per heavy atom. The fourth-order valence-electron chi connectivity index (χ4n) is 2.64. The molecule has 1 heterocycles. The molecule has 0 aromatic carbocycles. The molecular formula is C13H17ClF3NS. The van der Waals surface area contributed by atoms with Gasteiger partial charge in [0, 0.05) is 12.1 Å². The van der Waals surface area contributed by atoms with Crippen LogP contribution in [-0.4, -0.2) is 12.2 Å². The van der Waals surface area contributed by atoms with Crippen LogP contribution < -0.4 is 5.32 Å². The molecule has 3 atom stereocenters. The topological polar surface area (TPSA) is 12.0 Å². The number of alkyl halides is 3. The van der Waals surface area contributed by atoms with Gasteiger partial charge in [0.1, 0.15) is 0 Å². The van der Waals surface area contributed by atoms with Gasteiger partial charge in [-0.3, -0.25) is 0 Å². The lowest BCUT2D eigenvalue weighted by molar-refractivity contribution is -0.183. The molecule has 1 nitrogen and oxygen atoms in total. The molecule has 2 rings (SSSR count). The van der Waals surface area contributed by atoms with Crippen molar-refractivity contribution in [1.29, 1.82) is 0 Å². The Morgan fingerprint density at radius 1 is 1.42 bits per heavy atom. The van der Waals surface area contributed by atoms with E-state index in [9.17, 15) is 13.2 Å². The minimum absolute atomic E-state index is 0.0423. The Bertz CT molecular complexity index is 418. The summed E-state index contributed by atoms with van der Waals surface area (Å²) in [7, 11) is 0. The van der Waals surface area contributed by atoms with E-state index in [2.05, 4.69) is 5.32 Å². The summed E-state index contributed by atoms with van der Waals surface area (Å²) < 4.78 is 38.9. The average Bonchev–Trinajstić information content (AvgIpc) is 2.75. The van der Waals surface area contributed by atoms with Crippen molar-refractivity contribution in [1.82, 2.24) is 5.32 Å². The zero-order valence-corrected chi connectivity index (χ0v) is 12.2. The number of halogens is 4. The highest BCUT2D eigenvalue weighted by molar-refractivity contribution is 7.14. The number of hydrogen-bond donors (Lipinski definition) is 1. The largest absolute Gasteiger partial charge is 0.391 e. The first-order chi connectivity index (χ1) is 8.86. The first-order valence-electron chi connectivity index (χ1n) is 6.43. The third-order valence-electron chi connectivity index (χ3n) is 3.71. The highest BCUT2D eigenvalue weighted by Gasteiger charge is 2.42. The van der Waals surface area contributed by atoms with Gasteiger partial charge in [0.2, 0.25) is 0 Å². The summed E-state index contributed by atoms with van der Waals surface area (Å²) >= 11 is 7.32. The van der Waals surface area contributed by atoms with Gasteiger partial charge in [-0.25, -0.2) is 0 Å². The lowest BCUT2D eigenvalue weighted by Crippen LogP contribution is -2.39. The number of rotatable bonds is 3. The highest BCUT2D eigenvalue weighted by atomic mass is 35.5. The summed E-state index contributed by atoms with van der Waals surface area (Å²) in [6.45, 7) is 1.97. The zero-order valence-electron chi connectivity index (χ0n) is 10.6. The van der Waals surface area contributed by atoms with E-state index in [0.717, 1.165) is 12.0 Å². The van der Waals surface area contributed by atoms with Crippen LogP contribution in [0, 0.1) is 5.92 Å². The molecule has 1 N–H and O–H groups in total. The van der Waals surface area contributed by atoms with E-state index in [0.29, 0.717) is 10.8 Å². The Hall–Kier alpha value is -0.260. The molecule has 1 aliphatic carbocycles. The molecule has 0 saturated heterocycles. The van der Waals surface area contributed by atoms with Gasteiger partial charge in [-0.05, 0) is 43.2 Å². The molecule has 3 unspecified atom stereocenters. The zero-order chi connectivity index (χ0) is 14.0. The predicted octanol–water partition coefficient (Wildman–Crippen LogP) is 5.17. The monoisotopic (exact) mass is 311 g/mol. The minimum atomic E-state index is -4.06. The highest BCUT2D eigenvalue weighted by Crippen LogP contribution is 2.38. The molecule has 0 spiro atoms. The fourth-order valence-corrected chi connectivity index (χ4v) is 3.62. The normalized spacial score (nSPS) is 26.4. The van der Waals surface area contributed by atoms with E-state index in [-0.39, 0.29) is 24.9 Å². The molecule has 1 fully saturated rings. The van der Waals surface area contributed by atoms with Crippen molar-refractivity contribution in [3.05, 3.63) is 21.3 Å².